The highest BCUT2D eigenvalue weighted by molar-refractivity contribution is 5.92. The summed E-state index contributed by atoms with van der Waals surface area (Å²) in [6.45, 7) is 6.42. The van der Waals surface area contributed by atoms with Crippen LogP contribution in [0.2, 0.25) is 0 Å². The number of rotatable bonds is 4. The van der Waals surface area contributed by atoms with E-state index in [1.807, 2.05) is 18.9 Å². The molecule has 0 aromatic carbocycles. The molecule has 0 N–H and O–H groups in total. The molecule has 2 aliphatic heterocycles. The fourth-order valence-electron chi connectivity index (χ4n) is 4.05. The van der Waals surface area contributed by atoms with Crippen LogP contribution >= 0.6 is 0 Å². The van der Waals surface area contributed by atoms with Gasteiger partial charge < -0.3 is 9.47 Å². The van der Waals surface area contributed by atoms with Gasteiger partial charge in [-0.25, -0.2) is 4.98 Å². The summed E-state index contributed by atoms with van der Waals surface area (Å²) in [4.78, 5) is 25.5. The van der Waals surface area contributed by atoms with E-state index in [1.165, 1.54) is 12.8 Å². The molecule has 0 spiro atoms. The van der Waals surface area contributed by atoms with Gasteiger partial charge in [-0.1, -0.05) is 0 Å². The Morgan fingerprint density at radius 1 is 1.11 bits per heavy atom. The van der Waals surface area contributed by atoms with Gasteiger partial charge in [-0.3, -0.25) is 14.7 Å². The summed E-state index contributed by atoms with van der Waals surface area (Å²) in [5, 5.41) is 8.92. The summed E-state index contributed by atoms with van der Waals surface area (Å²) < 4.78 is 2.13. The third-order valence-electron chi connectivity index (χ3n) is 5.64. The number of nitrogens with zero attached hydrogens (tertiary/aromatic N) is 7. The first-order valence-corrected chi connectivity index (χ1v) is 9.80. The maximum atomic E-state index is 12.8. The van der Waals surface area contributed by atoms with Crippen LogP contribution in [0, 0.1) is 6.92 Å². The zero-order valence-electron chi connectivity index (χ0n) is 16.1. The van der Waals surface area contributed by atoms with Crippen molar-refractivity contribution in [3.05, 3.63) is 35.4 Å². The lowest BCUT2D eigenvalue weighted by molar-refractivity contribution is 0.0697. The molecule has 0 bridgehead atoms. The summed E-state index contributed by atoms with van der Waals surface area (Å²) in [7, 11) is 2.05. The Hall–Kier alpha value is -2.35. The van der Waals surface area contributed by atoms with Crippen LogP contribution in [0.15, 0.2) is 12.4 Å². The van der Waals surface area contributed by atoms with Gasteiger partial charge in [0.2, 0.25) is 0 Å². The normalized spacial score (nSPS) is 21.0. The van der Waals surface area contributed by atoms with E-state index in [0.717, 1.165) is 56.4 Å². The number of hydrogen-bond donors (Lipinski definition) is 0. The summed E-state index contributed by atoms with van der Waals surface area (Å²) in [6.07, 6.45) is 7.74. The third-order valence-corrected chi connectivity index (χ3v) is 5.64. The van der Waals surface area contributed by atoms with Gasteiger partial charge in [0.15, 0.2) is 0 Å². The van der Waals surface area contributed by atoms with Crippen LogP contribution in [0.4, 0.5) is 0 Å². The number of carbonyl (C=O) groups excluding carboxylic acids is 1. The molecule has 0 saturated carbocycles. The molecule has 2 fully saturated rings. The van der Waals surface area contributed by atoms with E-state index >= 15 is 0 Å². The molecular formula is C19H27N7O. The summed E-state index contributed by atoms with van der Waals surface area (Å²) in [5.41, 5.74) is 1.22. The van der Waals surface area contributed by atoms with Crippen LogP contribution in [-0.2, 0) is 13.6 Å². The SMILES string of the molecule is Cc1cnc(C(=O)N2CCC[C@@H](c3nnc(CN4CCCC4)n3C)C2)cn1. The van der Waals surface area contributed by atoms with Gasteiger partial charge in [-0.2, -0.15) is 0 Å². The van der Waals surface area contributed by atoms with Crippen LogP contribution < -0.4 is 0 Å². The fourth-order valence-corrected chi connectivity index (χ4v) is 4.05. The molecule has 4 rings (SSSR count). The Bertz CT molecular complexity index is 795. The first-order chi connectivity index (χ1) is 13.1. The lowest BCUT2D eigenvalue weighted by Crippen LogP contribution is -2.40. The maximum Gasteiger partial charge on any atom is 0.274 e. The number of aryl methyl sites for hydroxylation is 1. The number of amides is 1. The highest BCUT2D eigenvalue weighted by atomic mass is 16.2. The molecule has 1 atom stereocenters. The number of hydrogen-bond acceptors (Lipinski definition) is 6. The third kappa shape index (κ3) is 3.85. The lowest BCUT2D eigenvalue weighted by Gasteiger charge is -2.32. The highest BCUT2D eigenvalue weighted by Crippen LogP contribution is 2.27. The van der Waals surface area contributed by atoms with Crippen LogP contribution in [0.5, 0.6) is 0 Å². The van der Waals surface area contributed by atoms with E-state index in [4.69, 9.17) is 0 Å². The van der Waals surface area contributed by atoms with Crippen LogP contribution in [0.3, 0.4) is 0 Å². The van der Waals surface area contributed by atoms with Gasteiger partial charge in [-0.05, 0) is 45.7 Å². The van der Waals surface area contributed by atoms with Crippen molar-refractivity contribution in [2.75, 3.05) is 26.2 Å². The lowest BCUT2D eigenvalue weighted by atomic mass is 9.97. The molecular weight excluding hydrogens is 342 g/mol. The Balaban J connectivity index is 1.45. The second-order valence-electron chi connectivity index (χ2n) is 7.65. The topological polar surface area (TPSA) is 80.0 Å². The van der Waals surface area contributed by atoms with Gasteiger partial charge >= 0.3 is 0 Å². The van der Waals surface area contributed by atoms with E-state index < -0.39 is 0 Å². The molecule has 0 aliphatic carbocycles. The predicted molar refractivity (Wildman–Crippen MR) is 100 cm³/mol. The van der Waals surface area contributed by atoms with Gasteiger partial charge in [0.1, 0.15) is 17.3 Å². The van der Waals surface area contributed by atoms with Gasteiger partial charge in [0.05, 0.1) is 18.4 Å². The minimum atomic E-state index is -0.0494. The highest BCUT2D eigenvalue weighted by Gasteiger charge is 2.29. The molecule has 27 heavy (non-hydrogen) atoms. The quantitative estimate of drug-likeness (QED) is 0.813. The first kappa shape index (κ1) is 18.0. The van der Waals surface area contributed by atoms with Crippen molar-refractivity contribution in [1.29, 1.82) is 0 Å². The van der Waals surface area contributed by atoms with Crippen molar-refractivity contribution in [3.8, 4) is 0 Å². The zero-order valence-corrected chi connectivity index (χ0v) is 16.1. The molecule has 1 amide bonds. The van der Waals surface area contributed by atoms with E-state index in [0.29, 0.717) is 12.2 Å². The molecule has 8 nitrogen and oxygen atoms in total. The second kappa shape index (κ2) is 7.72. The van der Waals surface area contributed by atoms with E-state index in [9.17, 15) is 4.79 Å². The average molecular weight is 369 g/mol. The van der Waals surface area contributed by atoms with Crippen molar-refractivity contribution in [3.63, 3.8) is 0 Å². The second-order valence-corrected chi connectivity index (χ2v) is 7.65. The summed E-state index contributed by atoms with van der Waals surface area (Å²) >= 11 is 0. The Morgan fingerprint density at radius 3 is 2.67 bits per heavy atom. The fraction of sp³-hybridized carbons (Fsp3) is 0.632. The molecule has 8 heteroatoms. The largest absolute Gasteiger partial charge is 0.337 e. The molecule has 2 saturated heterocycles. The monoisotopic (exact) mass is 369 g/mol. The maximum absolute atomic E-state index is 12.8. The molecule has 0 radical (unpaired) electrons. The van der Waals surface area contributed by atoms with Crippen molar-refractivity contribution < 1.29 is 4.79 Å². The molecule has 144 valence electrons. The van der Waals surface area contributed by atoms with Crippen molar-refractivity contribution >= 4 is 5.91 Å². The van der Waals surface area contributed by atoms with Crippen LogP contribution in [0.25, 0.3) is 0 Å². The molecule has 2 aromatic heterocycles. The Morgan fingerprint density at radius 2 is 1.93 bits per heavy atom. The standard InChI is InChI=1S/C19H27N7O/c1-14-10-21-16(11-20-14)19(27)26-9-5-6-15(12-26)18-23-22-17(24(18)2)13-25-7-3-4-8-25/h10-11,15H,3-9,12-13H2,1-2H3/t15-/m1/s1. The zero-order chi connectivity index (χ0) is 18.8. The van der Waals surface area contributed by atoms with Crippen LogP contribution in [0.1, 0.15) is 59.4 Å². The van der Waals surface area contributed by atoms with E-state index in [2.05, 4.69) is 29.6 Å². The van der Waals surface area contributed by atoms with E-state index in [-0.39, 0.29) is 11.8 Å². The Labute approximate surface area is 159 Å². The minimum Gasteiger partial charge on any atom is -0.337 e. The predicted octanol–water partition coefficient (Wildman–Crippen LogP) is 1.53. The number of likely N-dealkylation sites (tertiary alicyclic amines) is 2. The van der Waals surface area contributed by atoms with Gasteiger partial charge in [-0.15, -0.1) is 10.2 Å². The molecule has 2 aliphatic rings. The summed E-state index contributed by atoms with van der Waals surface area (Å²) in [5.74, 6) is 2.16. The van der Waals surface area contributed by atoms with Crippen molar-refractivity contribution in [2.45, 2.75) is 45.1 Å². The minimum absolute atomic E-state index is 0.0494. The number of piperidine rings is 1. The van der Waals surface area contributed by atoms with E-state index in [1.54, 1.807) is 12.4 Å². The smallest absolute Gasteiger partial charge is 0.274 e. The molecule has 4 heterocycles. The number of aromatic nitrogens is 5. The molecule has 0 unspecified atom stereocenters. The van der Waals surface area contributed by atoms with Gasteiger partial charge in [0.25, 0.3) is 5.91 Å². The summed E-state index contributed by atoms with van der Waals surface area (Å²) in [6, 6.07) is 0. The first-order valence-electron chi connectivity index (χ1n) is 9.80. The van der Waals surface area contributed by atoms with Crippen LogP contribution in [-0.4, -0.2) is 66.6 Å². The molecule has 2 aromatic rings. The Kier molecular flexibility index (Phi) is 5.15. The van der Waals surface area contributed by atoms with Crippen molar-refractivity contribution in [1.82, 2.24) is 34.5 Å². The average Bonchev–Trinajstić information content (AvgIpc) is 3.33. The van der Waals surface area contributed by atoms with Crippen molar-refractivity contribution in [2.24, 2.45) is 7.05 Å². The number of carbonyl (C=O) groups is 1. The van der Waals surface area contributed by atoms with Gasteiger partial charge in [0, 0.05) is 32.3 Å².